The van der Waals surface area contributed by atoms with Crippen molar-refractivity contribution in [3.8, 4) is 11.1 Å². The van der Waals surface area contributed by atoms with E-state index in [1.165, 1.54) is 18.2 Å². The van der Waals surface area contributed by atoms with Crippen molar-refractivity contribution in [3.63, 3.8) is 0 Å². The van der Waals surface area contributed by atoms with Crippen molar-refractivity contribution >= 4 is 17.8 Å². The monoisotopic (exact) mass is 455 g/mol. The van der Waals surface area contributed by atoms with Gasteiger partial charge in [-0.2, -0.15) is 0 Å². The third-order valence-corrected chi connectivity index (χ3v) is 6.09. The van der Waals surface area contributed by atoms with E-state index in [1.54, 1.807) is 18.2 Å². The number of rotatable bonds is 9. The fourth-order valence-corrected chi connectivity index (χ4v) is 4.32. The number of aliphatic hydroxyl groups excluding tert-OH is 1. The van der Waals surface area contributed by atoms with Gasteiger partial charge in [0.25, 0.3) is 0 Å². The van der Waals surface area contributed by atoms with E-state index in [4.69, 9.17) is 0 Å². The number of piperidine rings is 1. The maximum atomic E-state index is 13.6. The molecule has 0 radical (unpaired) electrons. The Morgan fingerprint density at radius 3 is 2.42 bits per heavy atom. The average Bonchev–Trinajstić information content (AvgIpc) is 3.12. The second kappa shape index (κ2) is 10.8. The van der Waals surface area contributed by atoms with Crippen molar-refractivity contribution in [1.29, 1.82) is 0 Å². The fourth-order valence-electron chi connectivity index (χ4n) is 4.32. The van der Waals surface area contributed by atoms with Gasteiger partial charge in [0.15, 0.2) is 0 Å². The first-order chi connectivity index (χ1) is 15.7. The van der Waals surface area contributed by atoms with Crippen LogP contribution in [0, 0.1) is 11.7 Å². The molecular formula is C26H32FN2O4-. The van der Waals surface area contributed by atoms with Gasteiger partial charge in [-0.05, 0) is 42.4 Å². The number of carbonyl (C=O) groups is 2. The molecule has 1 unspecified atom stereocenters. The third-order valence-electron chi connectivity index (χ3n) is 6.09. The van der Waals surface area contributed by atoms with Gasteiger partial charge in [-0.3, -0.25) is 9.47 Å². The second-order valence-electron chi connectivity index (χ2n) is 9.20. The van der Waals surface area contributed by atoms with Crippen LogP contribution < -0.4 is 10.1 Å². The second-order valence-corrected chi connectivity index (χ2v) is 9.20. The summed E-state index contributed by atoms with van der Waals surface area (Å²) in [5.41, 5.74) is 3.71. The molecule has 1 aromatic heterocycles. The summed E-state index contributed by atoms with van der Waals surface area (Å²) in [6.07, 6.45) is 5.45. The van der Waals surface area contributed by atoms with Crippen LogP contribution in [-0.4, -0.2) is 40.7 Å². The molecule has 1 aromatic carbocycles. The van der Waals surface area contributed by atoms with Crippen LogP contribution >= 0.6 is 0 Å². The molecule has 178 valence electrons. The number of nitrogens with zero attached hydrogens (tertiary/aromatic N) is 2. The van der Waals surface area contributed by atoms with Crippen LogP contribution in [0.15, 0.2) is 36.5 Å². The number of carbonyl (C=O) groups excluding carboxylic acids is 2. The molecule has 1 N–H and O–H groups in total. The van der Waals surface area contributed by atoms with Crippen LogP contribution in [0.5, 0.6) is 0 Å². The lowest BCUT2D eigenvalue weighted by molar-refractivity contribution is -0.304. The van der Waals surface area contributed by atoms with E-state index in [1.807, 2.05) is 0 Å². The molecule has 0 bridgehead atoms. The Bertz CT molecular complexity index is 1000. The largest absolute Gasteiger partial charge is 0.550 e. The maximum Gasteiger partial charge on any atom is 0.141 e. The van der Waals surface area contributed by atoms with Gasteiger partial charge in [0.05, 0.1) is 6.10 Å². The van der Waals surface area contributed by atoms with Crippen LogP contribution in [0.1, 0.15) is 63.6 Å². The molecule has 6 nitrogen and oxygen atoms in total. The number of benzene rings is 1. The lowest BCUT2D eigenvalue weighted by atomic mass is 9.97. The maximum absolute atomic E-state index is 13.6. The van der Waals surface area contributed by atoms with E-state index in [9.17, 15) is 24.2 Å². The summed E-state index contributed by atoms with van der Waals surface area (Å²) in [5, 5.41) is 23.3. The van der Waals surface area contributed by atoms with E-state index in [0.29, 0.717) is 5.92 Å². The summed E-state index contributed by atoms with van der Waals surface area (Å²) in [5.74, 6) is -1.51. The lowest BCUT2D eigenvalue weighted by Crippen LogP contribution is -2.41. The Balaban J connectivity index is 2.00. The van der Waals surface area contributed by atoms with Crippen LogP contribution in [0.25, 0.3) is 17.2 Å². The number of aromatic nitrogens is 1. The minimum Gasteiger partial charge on any atom is -0.550 e. The van der Waals surface area contributed by atoms with Crippen LogP contribution in [0.2, 0.25) is 0 Å². The van der Waals surface area contributed by atoms with Gasteiger partial charge in [-0.25, -0.2) is 4.39 Å². The zero-order valence-electron chi connectivity index (χ0n) is 19.5. The predicted molar refractivity (Wildman–Crippen MR) is 125 cm³/mol. The number of hydrogen-bond acceptors (Lipinski definition) is 5. The molecular weight excluding hydrogens is 423 g/mol. The zero-order valence-corrected chi connectivity index (χ0v) is 19.5. The minimum atomic E-state index is -1.45. The van der Waals surface area contributed by atoms with Crippen molar-refractivity contribution in [2.75, 3.05) is 18.1 Å². The average molecular weight is 456 g/mol. The molecule has 1 aliphatic rings. The first-order valence-electron chi connectivity index (χ1n) is 11.5. The molecule has 2 aromatic rings. The molecule has 1 atom stereocenters. The van der Waals surface area contributed by atoms with Crippen LogP contribution in [-0.2, 0) is 9.59 Å². The molecule has 1 saturated heterocycles. The minimum absolute atomic E-state index is 0.162. The van der Waals surface area contributed by atoms with Gasteiger partial charge in [-0.15, -0.1) is 0 Å². The Kier molecular flexibility index (Phi) is 8.08. The number of carboxylic acid groups (broad SMARTS) is 1. The standard InChI is InChI=1S/C26H33FN2O4/c1-17(2)26-23(9-8-21(30)14-22(31)15-25(32)33)24(19-4-6-20(27)7-5-19)16-29(26)28-12-10-18(3)11-13-28/h4-9,16-18,21,30H,10-15H2,1-3H3,(H,32,33)/p-1/b9-8+. The van der Waals surface area contributed by atoms with Crippen LogP contribution in [0.3, 0.4) is 0 Å². The molecule has 1 fully saturated rings. The van der Waals surface area contributed by atoms with Crippen molar-refractivity contribution < 1.29 is 24.2 Å². The molecule has 33 heavy (non-hydrogen) atoms. The molecule has 7 heteroatoms. The van der Waals surface area contributed by atoms with Gasteiger partial charge >= 0.3 is 0 Å². The van der Waals surface area contributed by atoms with Crippen molar-refractivity contribution in [2.45, 2.75) is 58.5 Å². The summed E-state index contributed by atoms with van der Waals surface area (Å²) in [6.45, 7) is 8.33. The number of ketones is 1. The lowest BCUT2D eigenvalue weighted by Gasteiger charge is -2.35. The molecule has 0 spiro atoms. The Morgan fingerprint density at radius 2 is 1.85 bits per heavy atom. The summed E-state index contributed by atoms with van der Waals surface area (Å²) in [6, 6.07) is 6.31. The Hall–Kier alpha value is -2.93. The van der Waals surface area contributed by atoms with E-state index in [-0.39, 0.29) is 18.2 Å². The number of carboxylic acids is 1. The van der Waals surface area contributed by atoms with Gasteiger partial charge in [0.1, 0.15) is 11.6 Å². The molecule has 1 aliphatic heterocycles. The Morgan fingerprint density at radius 1 is 1.21 bits per heavy atom. The molecule has 2 heterocycles. The quantitative estimate of drug-likeness (QED) is 0.587. The highest BCUT2D eigenvalue weighted by Crippen LogP contribution is 2.35. The zero-order chi connectivity index (χ0) is 24.1. The summed E-state index contributed by atoms with van der Waals surface area (Å²) >= 11 is 0. The number of halogens is 1. The first-order valence-corrected chi connectivity index (χ1v) is 11.5. The van der Waals surface area contributed by atoms with Crippen molar-refractivity contribution in [2.24, 2.45) is 5.92 Å². The van der Waals surface area contributed by atoms with E-state index in [0.717, 1.165) is 48.3 Å². The van der Waals surface area contributed by atoms with Gasteiger partial charge in [0.2, 0.25) is 0 Å². The number of aliphatic carboxylic acids is 1. The fraction of sp³-hybridized carbons (Fsp3) is 0.462. The van der Waals surface area contributed by atoms with Gasteiger partial charge in [0, 0.05) is 54.9 Å². The highest BCUT2D eigenvalue weighted by Gasteiger charge is 2.24. The van der Waals surface area contributed by atoms with Gasteiger partial charge in [-0.1, -0.05) is 45.1 Å². The van der Waals surface area contributed by atoms with E-state index >= 15 is 0 Å². The topological polar surface area (TPSA) is 85.6 Å². The van der Waals surface area contributed by atoms with Crippen LogP contribution in [0.4, 0.5) is 4.39 Å². The third kappa shape index (κ3) is 6.32. The van der Waals surface area contributed by atoms with Gasteiger partial charge < -0.3 is 20.0 Å². The Labute approximate surface area is 194 Å². The number of hydrogen-bond donors (Lipinski definition) is 1. The summed E-state index contributed by atoms with van der Waals surface area (Å²) < 4.78 is 15.8. The number of Topliss-reactive ketones (excluding diaryl/α,β-unsaturated/α-hetero) is 1. The highest BCUT2D eigenvalue weighted by molar-refractivity contribution is 5.94. The molecule has 0 saturated carbocycles. The van der Waals surface area contributed by atoms with E-state index < -0.39 is 24.3 Å². The highest BCUT2D eigenvalue weighted by atomic mass is 19.1. The number of aliphatic hydroxyl groups is 1. The predicted octanol–water partition coefficient (Wildman–Crippen LogP) is 3.26. The van der Waals surface area contributed by atoms with Crippen molar-refractivity contribution in [1.82, 2.24) is 4.68 Å². The SMILES string of the molecule is CC1CCN(n2cc(-c3ccc(F)cc3)c(/C=C/C(O)CC(=O)CC(=O)[O-])c2C(C)C)CC1. The molecule has 0 amide bonds. The van der Waals surface area contributed by atoms with Crippen molar-refractivity contribution in [3.05, 3.63) is 53.6 Å². The van der Waals surface area contributed by atoms with E-state index in [2.05, 4.69) is 36.7 Å². The summed E-state index contributed by atoms with van der Waals surface area (Å²) in [4.78, 5) is 22.4. The first kappa shape index (κ1) is 24.7. The smallest absolute Gasteiger partial charge is 0.141 e. The normalized spacial score (nSPS) is 16.0. The molecule has 0 aliphatic carbocycles. The summed E-state index contributed by atoms with van der Waals surface area (Å²) in [7, 11) is 0. The molecule has 3 rings (SSSR count).